The molecule has 0 atom stereocenters. The molecule has 2 aromatic heterocycles. The number of esters is 1. The first kappa shape index (κ1) is 18.2. The number of carbonyl (C=O) groups excluding carboxylic acids is 2. The van der Waals surface area contributed by atoms with Crippen LogP contribution < -0.4 is 5.32 Å². The van der Waals surface area contributed by atoms with E-state index in [1.165, 1.54) is 18.6 Å². The second-order valence-corrected chi connectivity index (χ2v) is 6.01. The largest absolute Gasteiger partial charge is 0.451 e. The summed E-state index contributed by atoms with van der Waals surface area (Å²) < 4.78 is 6.73. The van der Waals surface area contributed by atoms with Crippen LogP contribution >= 0.6 is 0 Å². The Morgan fingerprint density at radius 2 is 1.85 bits per heavy atom. The number of anilines is 1. The molecule has 3 rings (SSSR count). The molecule has 2 heterocycles. The predicted octanol–water partition coefficient (Wildman–Crippen LogP) is 2.38. The first-order valence-corrected chi connectivity index (χ1v) is 8.32. The fourth-order valence-corrected chi connectivity index (χ4v) is 2.55. The lowest BCUT2D eigenvalue weighted by atomic mass is 10.2. The molecule has 0 aliphatic carbocycles. The highest BCUT2D eigenvalue weighted by Crippen LogP contribution is 2.23. The monoisotopic (exact) mass is 365 g/mol. The van der Waals surface area contributed by atoms with E-state index in [9.17, 15) is 9.59 Å². The van der Waals surface area contributed by atoms with Crippen molar-refractivity contribution in [2.75, 3.05) is 11.9 Å². The van der Waals surface area contributed by atoms with E-state index in [0.29, 0.717) is 11.4 Å². The molecule has 0 saturated carbocycles. The number of hydrogen-bond donors (Lipinski definition) is 1. The summed E-state index contributed by atoms with van der Waals surface area (Å²) in [6.07, 6.45) is 4.10. The first-order valence-electron chi connectivity index (χ1n) is 8.32. The van der Waals surface area contributed by atoms with Crippen molar-refractivity contribution in [3.8, 4) is 5.69 Å². The summed E-state index contributed by atoms with van der Waals surface area (Å²) in [6, 6.07) is 7.91. The van der Waals surface area contributed by atoms with Gasteiger partial charge in [0.2, 0.25) is 0 Å². The Labute approximate surface area is 156 Å². The molecule has 0 fully saturated rings. The summed E-state index contributed by atoms with van der Waals surface area (Å²) in [6.45, 7) is 5.25. The van der Waals surface area contributed by atoms with Crippen molar-refractivity contribution in [2.45, 2.75) is 20.8 Å². The van der Waals surface area contributed by atoms with E-state index in [0.717, 1.165) is 16.9 Å². The van der Waals surface area contributed by atoms with Crippen LogP contribution in [0.1, 0.15) is 27.4 Å². The van der Waals surface area contributed by atoms with Gasteiger partial charge in [-0.2, -0.15) is 5.10 Å². The number of carbonyl (C=O) groups is 2. The maximum atomic E-state index is 12.2. The van der Waals surface area contributed by atoms with Crippen molar-refractivity contribution in [2.24, 2.45) is 0 Å². The van der Waals surface area contributed by atoms with Gasteiger partial charge < -0.3 is 10.1 Å². The lowest BCUT2D eigenvalue weighted by Gasteiger charge is -2.08. The third-order valence-corrected chi connectivity index (χ3v) is 3.94. The van der Waals surface area contributed by atoms with Crippen molar-refractivity contribution in [1.82, 2.24) is 19.7 Å². The van der Waals surface area contributed by atoms with E-state index in [-0.39, 0.29) is 5.69 Å². The van der Waals surface area contributed by atoms with E-state index in [4.69, 9.17) is 4.74 Å². The minimum atomic E-state index is -0.706. The van der Waals surface area contributed by atoms with Gasteiger partial charge in [0, 0.05) is 12.4 Å². The number of hydrogen-bond acceptors (Lipinski definition) is 6. The summed E-state index contributed by atoms with van der Waals surface area (Å²) in [5.41, 5.74) is 4.14. The zero-order valence-corrected chi connectivity index (χ0v) is 15.3. The van der Waals surface area contributed by atoms with Crippen molar-refractivity contribution in [3.63, 3.8) is 0 Å². The predicted molar refractivity (Wildman–Crippen MR) is 98.7 cm³/mol. The molecule has 0 spiro atoms. The van der Waals surface area contributed by atoms with Gasteiger partial charge in [0.25, 0.3) is 5.91 Å². The van der Waals surface area contributed by atoms with Crippen molar-refractivity contribution in [3.05, 3.63) is 65.5 Å². The molecule has 138 valence electrons. The second kappa shape index (κ2) is 7.77. The van der Waals surface area contributed by atoms with Gasteiger partial charge in [-0.1, -0.05) is 17.7 Å². The molecule has 8 heteroatoms. The zero-order valence-electron chi connectivity index (χ0n) is 15.3. The number of nitrogens with zero attached hydrogens (tertiary/aromatic N) is 4. The Morgan fingerprint density at radius 1 is 1.11 bits per heavy atom. The minimum absolute atomic E-state index is 0.0462. The molecule has 0 aliphatic rings. The summed E-state index contributed by atoms with van der Waals surface area (Å²) in [5.74, 6) is -1.16. The molecule has 1 N–H and O–H groups in total. The SMILES string of the molecule is Cc1ccc(-n2nc(C)c(NC(=O)COC(=O)c3cnccn3)c2C)cc1. The van der Waals surface area contributed by atoms with Crippen LogP contribution in [0.2, 0.25) is 0 Å². The lowest BCUT2D eigenvalue weighted by Crippen LogP contribution is -2.22. The van der Waals surface area contributed by atoms with Crippen molar-refractivity contribution >= 4 is 17.6 Å². The molecule has 1 aromatic carbocycles. The third kappa shape index (κ3) is 4.17. The highest BCUT2D eigenvalue weighted by Gasteiger charge is 2.17. The number of nitrogens with one attached hydrogen (secondary N) is 1. The van der Waals surface area contributed by atoms with Crippen LogP contribution in [-0.4, -0.2) is 38.2 Å². The molecule has 0 unspecified atom stereocenters. The van der Waals surface area contributed by atoms with Gasteiger partial charge in [-0.25, -0.2) is 14.5 Å². The highest BCUT2D eigenvalue weighted by molar-refractivity contribution is 5.95. The van der Waals surface area contributed by atoms with E-state index in [2.05, 4.69) is 20.4 Å². The van der Waals surface area contributed by atoms with Crippen LogP contribution in [0.3, 0.4) is 0 Å². The minimum Gasteiger partial charge on any atom is -0.451 e. The van der Waals surface area contributed by atoms with Crippen LogP contribution in [0.15, 0.2) is 42.9 Å². The molecular formula is C19H19N5O3. The molecule has 0 aliphatic heterocycles. The van der Waals surface area contributed by atoms with E-state index >= 15 is 0 Å². The lowest BCUT2D eigenvalue weighted by molar-refractivity contribution is -0.119. The number of aromatic nitrogens is 4. The van der Waals surface area contributed by atoms with Crippen molar-refractivity contribution in [1.29, 1.82) is 0 Å². The molecule has 0 radical (unpaired) electrons. The topological polar surface area (TPSA) is 99.0 Å². The maximum absolute atomic E-state index is 12.2. The molecule has 27 heavy (non-hydrogen) atoms. The van der Waals surface area contributed by atoms with E-state index in [1.54, 1.807) is 11.6 Å². The maximum Gasteiger partial charge on any atom is 0.359 e. The molecule has 0 saturated heterocycles. The van der Waals surface area contributed by atoms with Gasteiger partial charge >= 0.3 is 5.97 Å². The highest BCUT2D eigenvalue weighted by atomic mass is 16.5. The van der Waals surface area contributed by atoms with E-state index in [1.807, 2.05) is 38.1 Å². The number of ether oxygens (including phenoxy) is 1. The zero-order chi connectivity index (χ0) is 19.4. The first-order chi connectivity index (χ1) is 13.0. The Kier molecular flexibility index (Phi) is 5.25. The van der Waals surface area contributed by atoms with Gasteiger partial charge in [0.15, 0.2) is 12.3 Å². The van der Waals surface area contributed by atoms with Crippen LogP contribution in [0, 0.1) is 20.8 Å². The Bertz CT molecular complexity index is 965. The van der Waals surface area contributed by atoms with Crippen LogP contribution in [0.4, 0.5) is 5.69 Å². The molecular weight excluding hydrogens is 346 g/mol. The van der Waals surface area contributed by atoms with Gasteiger partial charge in [-0.05, 0) is 32.9 Å². The molecule has 0 bridgehead atoms. The summed E-state index contributed by atoms with van der Waals surface area (Å²) >= 11 is 0. The summed E-state index contributed by atoms with van der Waals surface area (Å²) in [5, 5.41) is 7.23. The smallest absolute Gasteiger partial charge is 0.359 e. The normalized spacial score (nSPS) is 10.5. The Balaban J connectivity index is 1.67. The average Bonchev–Trinajstić information content (AvgIpc) is 2.95. The Hall–Kier alpha value is -3.55. The van der Waals surface area contributed by atoms with Gasteiger partial charge in [0.1, 0.15) is 0 Å². The fraction of sp³-hybridized carbons (Fsp3) is 0.211. The summed E-state index contributed by atoms with van der Waals surface area (Å²) in [7, 11) is 0. The average molecular weight is 365 g/mol. The van der Waals surface area contributed by atoms with Crippen LogP contribution in [0.5, 0.6) is 0 Å². The van der Waals surface area contributed by atoms with Gasteiger partial charge in [-0.3, -0.25) is 9.78 Å². The fourth-order valence-electron chi connectivity index (χ4n) is 2.55. The molecule has 8 nitrogen and oxygen atoms in total. The standard InChI is InChI=1S/C19H19N5O3/c1-12-4-6-15(7-5-12)24-14(3)18(13(2)23-24)22-17(25)11-27-19(26)16-10-20-8-9-21-16/h4-10H,11H2,1-3H3,(H,22,25). The second-order valence-electron chi connectivity index (χ2n) is 6.01. The number of aryl methyl sites for hydroxylation is 2. The molecule has 1 amide bonds. The number of benzene rings is 1. The van der Waals surface area contributed by atoms with Gasteiger partial charge in [0.05, 0.1) is 29.0 Å². The van der Waals surface area contributed by atoms with Gasteiger partial charge in [-0.15, -0.1) is 0 Å². The number of amides is 1. The third-order valence-electron chi connectivity index (χ3n) is 3.94. The Morgan fingerprint density at radius 3 is 2.52 bits per heavy atom. The molecule has 3 aromatic rings. The van der Waals surface area contributed by atoms with Crippen LogP contribution in [0.25, 0.3) is 5.69 Å². The van der Waals surface area contributed by atoms with E-state index < -0.39 is 18.5 Å². The van der Waals surface area contributed by atoms with Crippen molar-refractivity contribution < 1.29 is 14.3 Å². The van der Waals surface area contributed by atoms with Crippen LogP contribution in [-0.2, 0) is 9.53 Å². The summed E-state index contributed by atoms with van der Waals surface area (Å²) in [4.78, 5) is 31.6. The quantitative estimate of drug-likeness (QED) is 0.697. The number of rotatable bonds is 5.